The number of benzene rings is 2. The van der Waals surface area contributed by atoms with Crippen molar-refractivity contribution in [3.63, 3.8) is 0 Å². The molecule has 0 fully saturated rings. The molecule has 0 aliphatic heterocycles. The summed E-state index contributed by atoms with van der Waals surface area (Å²) in [5, 5.41) is 2.84. The number of nitrogens with one attached hydrogen (secondary N) is 1. The third-order valence-electron chi connectivity index (χ3n) is 3.40. The van der Waals surface area contributed by atoms with Crippen LogP contribution in [0.2, 0.25) is 0 Å². The summed E-state index contributed by atoms with van der Waals surface area (Å²) in [6.45, 7) is 6.82. The minimum Gasteiger partial charge on any atom is -0.493 e. The van der Waals surface area contributed by atoms with Crippen molar-refractivity contribution in [2.75, 3.05) is 11.9 Å². The number of anilines is 1. The molecule has 0 spiro atoms. The number of aryl methyl sites for hydroxylation is 1. The number of nitrogens with two attached hydrogens (primary N) is 1. The van der Waals surface area contributed by atoms with Gasteiger partial charge in [0.15, 0.2) is 0 Å². The molecule has 2 rings (SSSR count). The average molecular weight is 349 g/mol. The van der Waals surface area contributed by atoms with Crippen molar-refractivity contribution < 1.29 is 9.53 Å². The van der Waals surface area contributed by atoms with Gasteiger partial charge in [0, 0.05) is 11.8 Å². The van der Waals surface area contributed by atoms with E-state index in [4.69, 9.17) is 10.5 Å². The fourth-order valence-corrected chi connectivity index (χ4v) is 2.07. The van der Waals surface area contributed by atoms with Gasteiger partial charge in [0.25, 0.3) is 0 Å². The Bertz CT molecular complexity index is 657. The van der Waals surface area contributed by atoms with E-state index in [-0.39, 0.29) is 18.3 Å². The molecule has 0 radical (unpaired) electrons. The summed E-state index contributed by atoms with van der Waals surface area (Å²) in [6, 6.07) is 14.3. The van der Waals surface area contributed by atoms with Gasteiger partial charge in [-0.3, -0.25) is 4.79 Å². The molecule has 3 N–H and O–H groups in total. The van der Waals surface area contributed by atoms with Gasteiger partial charge in [0.05, 0.1) is 6.61 Å². The summed E-state index contributed by atoms with van der Waals surface area (Å²) in [6.07, 6.45) is 0. The lowest BCUT2D eigenvalue weighted by Crippen LogP contribution is -2.27. The summed E-state index contributed by atoms with van der Waals surface area (Å²) in [5.41, 5.74) is 8.64. The Labute approximate surface area is 149 Å². The largest absolute Gasteiger partial charge is 0.493 e. The van der Waals surface area contributed by atoms with Crippen LogP contribution in [0.5, 0.6) is 5.75 Å². The first-order chi connectivity index (χ1) is 11.0. The molecule has 0 bridgehead atoms. The average Bonchev–Trinajstić information content (AvgIpc) is 2.53. The number of carbonyl (C=O) groups excluding carboxylic acids is 1. The Balaban J connectivity index is 0.00000288. The highest BCUT2D eigenvalue weighted by molar-refractivity contribution is 5.95. The fourth-order valence-electron chi connectivity index (χ4n) is 2.07. The van der Waals surface area contributed by atoms with E-state index in [1.54, 1.807) is 0 Å². The van der Waals surface area contributed by atoms with Crippen LogP contribution in [-0.2, 0) is 4.79 Å². The molecule has 1 unspecified atom stereocenters. The third-order valence-corrected chi connectivity index (χ3v) is 3.40. The zero-order valence-electron chi connectivity index (χ0n) is 14.3. The SMILES string of the molecule is Cc1ccc(C(N)C(=O)Nc2cccc(OCC(C)C)c2)cc1.Cl. The van der Waals surface area contributed by atoms with Crippen LogP contribution < -0.4 is 15.8 Å². The van der Waals surface area contributed by atoms with Crippen LogP contribution in [0.1, 0.15) is 31.0 Å². The molecule has 2 aromatic carbocycles. The molecule has 0 aliphatic rings. The van der Waals surface area contributed by atoms with Crippen molar-refractivity contribution in [3.8, 4) is 5.75 Å². The van der Waals surface area contributed by atoms with Gasteiger partial charge in [-0.05, 0) is 30.5 Å². The molecular formula is C19H25ClN2O2. The first-order valence-electron chi connectivity index (χ1n) is 7.81. The Morgan fingerprint density at radius 1 is 1.17 bits per heavy atom. The molecule has 0 aliphatic carbocycles. The van der Waals surface area contributed by atoms with E-state index in [9.17, 15) is 4.79 Å². The molecule has 2 aromatic rings. The second kappa shape index (κ2) is 9.30. The van der Waals surface area contributed by atoms with Gasteiger partial charge in [0.2, 0.25) is 5.91 Å². The third kappa shape index (κ3) is 5.87. The maximum absolute atomic E-state index is 12.3. The Morgan fingerprint density at radius 2 is 1.83 bits per heavy atom. The van der Waals surface area contributed by atoms with Gasteiger partial charge >= 0.3 is 0 Å². The maximum atomic E-state index is 12.3. The zero-order valence-corrected chi connectivity index (χ0v) is 15.1. The highest BCUT2D eigenvalue weighted by Crippen LogP contribution is 2.20. The molecule has 0 aromatic heterocycles. The highest BCUT2D eigenvalue weighted by atomic mass is 35.5. The van der Waals surface area contributed by atoms with E-state index >= 15 is 0 Å². The van der Waals surface area contributed by atoms with Gasteiger partial charge in [-0.25, -0.2) is 0 Å². The molecule has 5 heteroatoms. The zero-order chi connectivity index (χ0) is 16.8. The quantitative estimate of drug-likeness (QED) is 0.826. The minimum absolute atomic E-state index is 0. The topological polar surface area (TPSA) is 64.4 Å². The Kier molecular flexibility index (Phi) is 7.75. The number of halogens is 1. The van der Waals surface area contributed by atoms with Crippen LogP contribution in [0, 0.1) is 12.8 Å². The van der Waals surface area contributed by atoms with Crippen molar-refractivity contribution in [1.29, 1.82) is 0 Å². The molecule has 1 amide bonds. The van der Waals surface area contributed by atoms with Crippen LogP contribution >= 0.6 is 12.4 Å². The first kappa shape index (κ1) is 20.0. The molecule has 130 valence electrons. The number of amides is 1. The summed E-state index contributed by atoms with van der Waals surface area (Å²) in [5.74, 6) is 0.943. The molecule has 24 heavy (non-hydrogen) atoms. The monoisotopic (exact) mass is 348 g/mol. The molecule has 1 atom stereocenters. The van der Waals surface area contributed by atoms with Crippen molar-refractivity contribution in [3.05, 3.63) is 59.7 Å². The Hall–Kier alpha value is -2.04. The van der Waals surface area contributed by atoms with E-state index in [2.05, 4.69) is 19.2 Å². The van der Waals surface area contributed by atoms with Crippen molar-refractivity contribution in [2.45, 2.75) is 26.8 Å². The molecule has 0 saturated carbocycles. The van der Waals surface area contributed by atoms with Gasteiger partial charge in [-0.1, -0.05) is 49.7 Å². The molecular weight excluding hydrogens is 324 g/mol. The molecule has 4 nitrogen and oxygen atoms in total. The van der Waals surface area contributed by atoms with E-state index in [0.717, 1.165) is 16.9 Å². The molecule has 0 heterocycles. The van der Waals surface area contributed by atoms with Crippen LogP contribution in [0.25, 0.3) is 0 Å². The summed E-state index contributed by atoms with van der Waals surface area (Å²) >= 11 is 0. The summed E-state index contributed by atoms with van der Waals surface area (Å²) in [7, 11) is 0. The van der Waals surface area contributed by atoms with Crippen LogP contribution in [0.3, 0.4) is 0 Å². The predicted octanol–water partition coefficient (Wildman–Crippen LogP) is 4.09. The lowest BCUT2D eigenvalue weighted by molar-refractivity contribution is -0.117. The van der Waals surface area contributed by atoms with Gasteiger partial charge in [-0.2, -0.15) is 0 Å². The number of hydrogen-bond acceptors (Lipinski definition) is 3. The standard InChI is InChI=1S/C19H24N2O2.ClH/c1-13(2)12-23-17-6-4-5-16(11-17)21-19(22)18(20)15-9-7-14(3)8-10-15;/h4-11,13,18H,12,20H2,1-3H3,(H,21,22);1H. The van der Waals surface area contributed by atoms with E-state index < -0.39 is 6.04 Å². The molecule has 0 saturated heterocycles. The summed E-state index contributed by atoms with van der Waals surface area (Å²) < 4.78 is 5.67. The second-order valence-corrected chi connectivity index (χ2v) is 6.11. The predicted molar refractivity (Wildman–Crippen MR) is 101 cm³/mol. The van der Waals surface area contributed by atoms with Gasteiger partial charge in [0.1, 0.15) is 11.8 Å². The van der Waals surface area contributed by atoms with Crippen LogP contribution in [0.4, 0.5) is 5.69 Å². The maximum Gasteiger partial charge on any atom is 0.245 e. The number of hydrogen-bond donors (Lipinski definition) is 2. The van der Waals surface area contributed by atoms with Crippen molar-refractivity contribution >= 4 is 24.0 Å². The summed E-state index contributed by atoms with van der Waals surface area (Å²) in [4.78, 5) is 12.3. The smallest absolute Gasteiger partial charge is 0.245 e. The van der Waals surface area contributed by atoms with E-state index in [1.165, 1.54) is 0 Å². The lowest BCUT2D eigenvalue weighted by Gasteiger charge is -2.14. The number of rotatable bonds is 6. The van der Waals surface area contributed by atoms with Gasteiger partial charge in [-0.15, -0.1) is 12.4 Å². The van der Waals surface area contributed by atoms with Crippen molar-refractivity contribution in [2.24, 2.45) is 11.7 Å². The van der Waals surface area contributed by atoms with Crippen molar-refractivity contribution in [1.82, 2.24) is 0 Å². The van der Waals surface area contributed by atoms with Crippen LogP contribution in [-0.4, -0.2) is 12.5 Å². The number of carbonyl (C=O) groups is 1. The lowest BCUT2D eigenvalue weighted by atomic mass is 10.1. The van der Waals surface area contributed by atoms with E-state index in [1.807, 2.05) is 55.5 Å². The highest BCUT2D eigenvalue weighted by Gasteiger charge is 2.15. The number of ether oxygens (including phenoxy) is 1. The fraction of sp³-hybridized carbons (Fsp3) is 0.316. The normalized spacial score (nSPS) is 11.5. The Morgan fingerprint density at radius 3 is 2.46 bits per heavy atom. The first-order valence-corrected chi connectivity index (χ1v) is 7.81. The second-order valence-electron chi connectivity index (χ2n) is 6.11. The van der Waals surface area contributed by atoms with Gasteiger partial charge < -0.3 is 15.8 Å². The van der Waals surface area contributed by atoms with E-state index in [0.29, 0.717) is 18.2 Å². The van der Waals surface area contributed by atoms with Crippen LogP contribution in [0.15, 0.2) is 48.5 Å². The minimum atomic E-state index is -0.698.